The maximum atomic E-state index is 15.5. The number of nitrogens with one attached hydrogen (secondary N) is 4. The number of ether oxygens (including phenoxy) is 1. The zero-order chi connectivity index (χ0) is 45.1. The second-order valence-electron chi connectivity index (χ2n) is 19.0. The Hall–Kier alpha value is -5.45. The van der Waals surface area contributed by atoms with Crippen LogP contribution in [0.2, 0.25) is 0 Å². The molecule has 17 heteroatoms. The van der Waals surface area contributed by atoms with Crippen LogP contribution in [0.1, 0.15) is 121 Å². The van der Waals surface area contributed by atoms with Gasteiger partial charge in [-0.15, -0.1) is 0 Å². The van der Waals surface area contributed by atoms with Gasteiger partial charge in [-0.1, -0.05) is 65.5 Å². The van der Waals surface area contributed by atoms with E-state index < -0.39 is 76.6 Å². The van der Waals surface area contributed by atoms with E-state index in [9.17, 15) is 28.8 Å². The summed E-state index contributed by atoms with van der Waals surface area (Å²) in [7, 11) is 1.57. The van der Waals surface area contributed by atoms with Crippen LogP contribution in [-0.4, -0.2) is 128 Å². The molecule has 340 valence electrons. The van der Waals surface area contributed by atoms with Crippen molar-refractivity contribution in [3.05, 3.63) is 54.1 Å². The van der Waals surface area contributed by atoms with Gasteiger partial charge in [0.2, 0.25) is 29.4 Å². The Bertz CT molecular complexity index is 2050. The first-order valence-corrected chi connectivity index (χ1v) is 22.7. The number of methoxy groups -OCH3 is 1. The lowest BCUT2D eigenvalue weighted by atomic mass is 9.82. The van der Waals surface area contributed by atoms with E-state index in [0.29, 0.717) is 38.0 Å². The van der Waals surface area contributed by atoms with Gasteiger partial charge in [-0.05, 0) is 74.0 Å². The van der Waals surface area contributed by atoms with E-state index in [1.807, 2.05) is 52.0 Å². The highest BCUT2D eigenvalue weighted by atomic mass is 16.5. The van der Waals surface area contributed by atoms with E-state index in [1.165, 1.54) is 23.5 Å². The summed E-state index contributed by atoms with van der Waals surface area (Å²) in [5.74, 6) is -3.46. The number of amides is 6. The number of ketones is 1. The molecule has 3 aliphatic heterocycles. The predicted octanol–water partition coefficient (Wildman–Crippen LogP) is 2.63. The first-order valence-electron chi connectivity index (χ1n) is 22.7. The second kappa shape index (κ2) is 19.1. The maximum Gasteiger partial charge on any atom is 0.289 e. The van der Waals surface area contributed by atoms with Gasteiger partial charge in [0.1, 0.15) is 35.2 Å². The van der Waals surface area contributed by atoms with Crippen molar-refractivity contribution < 1.29 is 38.3 Å². The fourth-order valence-corrected chi connectivity index (χ4v) is 9.99. The van der Waals surface area contributed by atoms with Crippen LogP contribution in [0.15, 0.2) is 42.9 Å². The number of rotatable bonds is 16. The Morgan fingerprint density at radius 3 is 2.38 bits per heavy atom. The second-order valence-corrected chi connectivity index (χ2v) is 19.0. The van der Waals surface area contributed by atoms with E-state index in [4.69, 9.17) is 4.74 Å². The SMILES string of the molecule is CCCC(NC(=O)[C@@H]1CC2(CN1C(=O)[C@@H](NC(=O)[C@@H](NC(=O)c1cnccn1)C1CCCCC1)C(C)(C)C)N(Cc1cccc(OC)c1)C(=O)C1CCCN12)C(=O)C(=O)NC1CC1. The highest BCUT2D eigenvalue weighted by Crippen LogP contribution is 2.47. The molecule has 0 radical (unpaired) electrons. The van der Waals surface area contributed by atoms with Gasteiger partial charge < -0.3 is 35.8 Å². The number of hydrogen-bond donors (Lipinski definition) is 4. The zero-order valence-corrected chi connectivity index (χ0v) is 37.2. The summed E-state index contributed by atoms with van der Waals surface area (Å²) in [6.45, 7) is 8.02. The van der Waals surface area contributed by atoms with Crippen molar-refractivity contribution in [3.8, 4) is 5.75 Å². The van der Waals surface area contributed by atoms with E-state index in [0.717, 1.165) is 44.1 Å². The highest BCUT2D eigenvalue weighted by Gasteiger charge is 2.65. The van der Waals surface area contributed by atoms with Crippen LogP contribution in [0.25, 0.3) is 0 Å². The van der Waals surface area contributed by atoms with Gasteiger partial charge in [0.15, 0.2) is 0 Å². The van der Waals surface area contributed by atoms with E-state index in [2.05, 4.69) is 36.1 Å². The number of benzene rings is 1. The largest absolute Gasteiger partial charge is 0.497 e. The Labute approximate surface area is 369 Å². The third-order valence-corrected chi connectivity index (χ3v) is 13.5. The van der Waals surface area contributed by atoms with E-state index in [1.54, 1.807) is 12.0 Å². The van der Waals surface area contributed by atoms with Crippen molar-refractivity contribution in [3.63, 3.8) is 0 Å². The molecule has 6 amide bonds. The molecule has 2 saturated carbocycles. The van der Waals surface area contributed by atoms with Crippen LogP contribution >= 0.6 is 0 Å². The van der Waals surface area contributed by atoms with Crippen molar-refractivity contribution in [2.24, 2.45) is 11.3 Å². The molecule has 63 heavy (non-hydrogen) atoms. The first kappa shape index (κ1) is 45.6. The summed E-state index contributed by atoms with van der Waals surface area (Å²) >= 11 is 0. The molecule has 1 aromatic carbocycles. The monoisotopic (exact) mass is 869 g/mol. The Balaban J connectivity index is 1.23. The molecule has 3 saturated heterocycles. The van der Waals surface area contributed by atoms with Gasteiger partial charge in [-0.2, -0.15) is 0 Å². The predicted molar refractivity (Wildman–Crippen MR) is 230 cm³/mol. The Morgan fingerprint density at radius 2 is 1.71 bits per heavy atom. The molecule has 1 spiro atoms. The van der Waals surface area contributed by atoms with Crippen molar-refractivity contribution >= 4 is 41.2 Å². The molecule has 2 aromatic rings. The number of nitrogens with zero attached hydrogens (tertiary/aromatic N) is 5. The lowest BCUT2D eigenvalue weighted by molar-refractivity contribution is -0.145. The molecule has 6 atom stereocenters. The van der Waals surface area contributed by atoms with Crippen molar-refractivity contribution in [1.82, 2.24) is 45.9 Å². The molecular formula is C46H63N9O8. The molecule has 0 bridgehead atoms. The first-order chi connectivity index (χ1) is 30.1. The minimum atomic E-state index is -1.19. The smallest absolute Gasteiger partial charge is 0.289 e. The third-order valence-electron chi connectivity index (χ3n) is 13.5. The summed E-state index contributed by atoms with van der Waals surface area (Å²) in [4.78, 5) is 113. The van der Waals surface area contributed by atoms with Gasteiger partial charge in [0.05, 0.1) is 31.9 Å². The van der Waals surface area contributed by atoms with Crippen LogP contribution in [0.3, 0.4) is 0 Å². The van der Waals surface area contributed by atoms with Crippen LogP contribution < -0.4 is 26.0 Å². The number of carbonyl (C=O) groups is 7. The van der Waals surface area contributed by atoms with Gasteiger partial charge in [0, 0.05) is 37.9 Å². The molecule has 1 aromatic heterocycles. The topological polar surface area (TPSA) is 212 Å². The normalized spacial score (nSPS) is 24.0. The molecule has 5 fully saturated rings. The summed E-state index contributed by atoms with van der Waals surface area (Å²) < 4.78 is 5.50. The van der Waals surface area contributed by atoms with Crippen LogP contribution in [-0.2, 0) is 35.3 Å². The van der Waals surface area contributed by atoms with Crippen LogP contribution in [0, 0.1) is 11.3 Å². The maximum absolute atomic E-state index is 15.5. The molecule has 17 nitrogen and oxygen atoms in total. The minimum Gasteiger partial charge on any atom is -0.497 e. The van der Waals surface area contributed by atoms with Gasteiger partial charge in [-0.25, -0.2) is 4.98 Å². The summed E-state index contributed by atoms with van der Waals surface area (Å²) in [5.41, 5.74) is -1.16. The van der Waals surface area contributed by atoms with Crippen LogP contribution in [0.4, 0.5) is 0 Å². The number of hydrogen-bond acceptors (Lipinski definition) is 11. The van der Waals surface area contributed by atoms with E-state index in [-0.39, 0.29) is 49.5 Å². The average Bonchev–Trinajstić information content (AvgIpc) is 3.70. The van der Waals surface area contributed by atoms with Gasteiger partial charge in [-0.3, -0.25) is 43.4 Å². The minimum absolute atomic E-state index is 0.0295. The molecule has 2 aliphatic carbocycles. The molecule has 7 rings (SSSR count). The summed E-state index contributed by atoms with van der Waals surface area (Å²) in [6.07, 6.45) is 12.0. The average molecular weight is 870 g/mol. The summed E-state index contributed by atoms with van der Waals surface area (Å²) in [6, 6.07) is 2.40. The highest BCUT2D eigenvalue weighted by molar-refractivity contribution is 6.38. The fraction of sp³-hybridized carbons (Fsp3) is 0.630. The fourth-order valence-electron chi connectivity index (χ4n) is 9.99. The number of likely N-dealkylation sites (tertiary alicyclic amines) is 1. The van der Waals surface area contributed by atoms with Crippen LogP contribution in [0.5, 0.6) is 5.75 Å². The quantitative estimate of drug-likeness (QED) is 0.180. The van der Waals surface area contributed by atoms with Crippen molar-refractivity contribution in [2.45, 2.75) is 153 Å². The molecular weight excluding hydrogens is 807 g/mol. The lowest BCUT2D eigenvalue weighted by Gasteiger charge is -2.41. The number of fused-ring (bicyclic) bond motifs is 2. The van der Waals surface area contributed by atoms with Crippen molar-refractivity contribution in [1.29, 1.82) is 0 Å². The standard InChI is InChI=1S/C46H63N9O8/c1-6-12-32(37(56)42(60)49-30-18-19-30)50-40(58)35-24-46(54-22-11-17-34(54)43(61)55(46)26-28-13-10-16-31(23-28)63-5)27-53(35)44(62)38(45(2,3)4)52-41(59)36(29-14-8-7-9-15-29)51-39(57)33-25-47-20-21-48-33/h10,13,16,20-21,23,25,29-30,32,34-36,38H,6-9,11-12,14-15,17-19,22,24,26-27H2,1-5H3,(H,49,60)(H,50,58)(H,51,57)(H,52,59)/t32?,34?,35-,36-,38+,46?/m0/s1. The van der Waals surface area contributed by atoms with Crippen molar-refractivity contribution in [2.75, 3.05) is 20.2 Å². The van der Waals surface area contributed by atoms with Gasteiger partial charge in [0.25, 0.3) is 11.8 Å². The lowest BCUT2D eigenvalue weighted by Crippen LogP contribution is -2.62. The Morgan fingerprint density at radius 1 is 0.952 bits per heavy atom. The zero-order valence-electron chi connectivity index (χ0n) is 37.2. The Kier molecular flexibility index (Phi) is 13.8. The van der Waals surface area contributed by atoms with Gasteiger partial charge >= 0.3 is 0 Å². The molecule has 5 aliphatic rings. The number of aromatic nitrogens is 2. The summed E-state index contributed by atoms with van der Waals surface area (Å²) in [5, 5.41) is 11.5. The number of carbonyl (C=O) groups excluding carboxylic acids is 7. The van der Waals surface area contributed by atoms with E-state index >= 15 is 4.79 Å². The molecule has 3 unspecified atom stereocenters. The third kappa shape index (κ3) is 9.87. The molecule has 4 N–H and O–H groups in total. The number of Topliss-reactive ketones (excluding diaryl/α,β-unsaturated/α-hetero) is 1. The molecule has 4 heterocycles.